The average molecular weight is 354 g/mol. The highest BCUT2D eigenvalue weighted by molar-refractivity contribution is 9.10. The second-order valence-electron chi connectivity index (χ2n) is 5.62. The molecular weight excluding hydrogens is 330 g/mol. The van der Waals surface area contributed by atoms with E-state index in [1.54, 1.807) is 6.07 Å². The maximum Gasteiger partial charge on any atom is 0.249 e. The van der Waals surface area contributed by atoms with Crippen molar-refractivity contribution in [3.63, 3.8) is 0 Å². The Labute approximate surface area is 135 Å². The fourth-order valence-electron chi connectivity index (χ4n) is 2.84. The van der Waals surface area contributed by atoms with Gasteiger partial charge in [0.25, 0.3) is 0 Å². The van der Waals surface area contributed by atoms with E-state index in [9.17, 15) is 4.79 Å². The molecule has 3 N–H and O–H groups in total. The maximum atomic E-state index is 11.3. The molecule has 4 nitrogen and oxygen atoms in total. The van der Waals surface area contributed by atoms with Gasteiger partial charge in [0.05, 0.1) is 5.56 Å². The van der Waals surface area contributed by atoms with Gasteiger partial charge in [0.15, 0.2) is 0 Å². The lowest BCUT2D eigenvalue weighted by molar-refractivity contribution is 0.0999. The number of carbonyl (C=O) groups excluding carboxylic acids is 1. The van der Waals surface area contributed by atoms with Gasteiger partial charge in [0.1, 0.15) is 0 Å². The summed E-state index contributed by atoms with van der Waals surface area (Å²) in [5, 5.41) is 3.59. The maximum absolute atomic E-state index is 11.3. The number of nitrogens with zero attached hydrogens (tertiary/aromatic N) is 1. The molecule has 0 bridgehead atoms. The van der Waals surface area contributed by atoms with E-state index in [4.69, 9.17) is 5.73 Å². The monoisotopic (exact) mass is 353 g/mol. The number of benzene rings is 1. The van der Waals surface area contributed by atoms with Crippen LogP contribution in [0.3, 0.4) is 0 Å². The van der Waals surface area contributed by atoms with Gasteiger partial charge >= 0.3 is 0 Å². The van der Waals surface area contributed by atoms with Gasteiger partial charge in [-0.1, -0.05) is 13.3 Å². The van der Waals surface area contributed by atoms with Crippen LogP contribution in [0.15, 0.2) is 22.7 Å². The number of piperidine rings is 1. The Morgan fingerprint density at radius 2 is 2.29 bits per heavy atom. The molecule has 21 heavy (non-hydrogen) atoms. The van der Waals surface area contributed by atoms with Crippen LogP contribution < -0.4 is 16.0 Å². The van der Waals surface area contributed by atoms with Crippen molar-refractivity contribution in [3.05, 3.63) is 28.2 Å². The Morgan fingerprint density at radius 1 is 1.48 bits per heavy atom. The Balaban J connectivity index is 2.13. The van der Waals surface area contributed by atoms with Crippen LogP contribution in [-0.2, 0) is 0 Å². The van der Waals surface area contributed by atoms with E-state index in [0.717, 1.165) is 36.2 Å². The van der Waals surface area contributed by atoms with Gasteiger partial charge in [-0.2, -0.15) is 0 Å². The number of nitrogens with two attached hydrogens (primary N) is 1. The Bertz CT molecular complexity index is 486. The summed E-state index contributed by atoms with van der Waals surface area (Å²) in [6, 6.07) is 6.35. The third-order valence-electron chi connectivity index (χ3n) is 3.93. The molecule has 1 unspecified atom stereocenters. The van der Waals surface area contributed by atoms with Crippen molar-refractivity contribution >= 4 is 27.5 Å². The second kappa shape index (κ2) is 7.80. The number of primary amides is 1. The molecule has 1 fully saturated rings. The van der Waals surface area contributed by atoms with Crippen molar-refractivity contribution in [2.24, 2.45) is 5.73 Å². The van der Waals surface area contributed by atoms with Crippen molar-refractivity contribution in [2.45, 2.75) is 38.6 Å². The van der Waals surface area contributed by atoms with Crippen LogP contribution in [-0.4, -0.2) is 31.6 Å². The molecule has 0 saturated carbocycles. The molecule has 0 spiro atoms. The van der Waals surface area contributed by atoms with Crippen LogP contribution in [0.1, 0.15) is 43.0 Å². The molecule has 1 amide bonds. The zero-order valence-corrected chi connectivity index (χ0v) is 14.2. The number of hydrogen-bond donors (Lipinski definition) is 2. The summed E-state index contributed by atoms with van der Waals surface area (Å²) in [7, 11) is 0. The van der Waals surface area contributed by atoms with Crippen molar-refractivity contribution in [1.82, 2.24) is 5.32 Å². The first-order valence-electron chi connectivity index (χ1n) is 7.69. The number of nitrogens with one attached hydrogen (secondary N) is 1. The molecule has 1 aliphatic heterocycles. The van der Waals surface area contributed by atoms with Crippen molar-refractivity contribution in [2.75, 3.05) is 24.5 Å². The minimum Gasteiger partial charge on any atom is -0.370 e. The number of anilines is 1. The molecule has 1 saturated heterocycles. The van der Waals surface area contributed by atoms with Gasteiger partial charge in [-0.3, -0.25) is 4.79 Å². The summed E-state index contributed by atoms with van der Waals surface area (Å²) in [4.78, 5) is 13.7. The quantitative estimate of drug-likeness (QED) is 0.826. The number of halogens is 1. The molecule has 2 rings (SSSR count). The predicted molar refractivity (Wildman–Crippen MR) is 90.8 cm³/mol. The summed E-state index contributed by atoms with van der Waals surface area (Å²) in [5.74, 6) is -0.399. The molecule has 1 aromatic carbocycles. The zero-order valence-electron chi connectivity index (χ0n) is 12.6. The third-order valence-corrected chi connectivity index (χ3v) is 4.59. The number of amides is 1. The van der Waals surface area contributed by atoms with Crippen LogP contribution in [0.2, 0.25) is 0 Å². The number of hydrogen-bond acceptors (Lipinski definition) is 3. The fraction of sp³-hybridized carbons (Fsp3) is 0.562. The third kappa shape index (κ3) is 4.45. The minimum absolute atomic E-state index is 0.399. The molecule has 1 atom stereocenters. The smallest absolute Gasteiger partial charge is 0.249 e. The van der Waals surface area contributed by atoms with Crippen LogP contribution in [0, 0.1) is 0 Å². The Hall–Kier alpha value is -1.07. The Morgan fingerprint density at radius 3 is 2.86 bits per heavy atom. The lowest BCUT2D eigenvalue weighted by Crippen LogP contribution is -2.44. The summed E-state index contributed by atoms with van der Waals surface area (Å²) >= 11 is 3.45. The lowest BCUT2D eigenvalue weighted by atomic mass is 10.0. The first kappa shape index (κ1) is 16.3. The van der Waals surface area contributed by atoms with Crippen molar-refractivity contribution in [1.29, 1.82) is 0 Å². The summed E-state index contributed by atoms with van der Waals surface area (Å²) in [6.45, 7) is 5.33. The van der Waals surface area contributed by atoms with Gasteiger partial charge in [-0.05, 0) is 59.9 Å². The first-order chi connectivity index (χ1) is 10.1. The highest BCUT2D eigenvalue weighted by Crippen LogP contribution is 2.25. The minimum atomic E-state index is -0.399. The van der Waals surface area contributed by atoms with Gasteiger partial charge < -0.3 is 16.0 Å². The summed E-state index contributed by atoms with van der Waals surface area (Å²) < 4.78 is 0.769. The van der Waals surface area contributed by atoms with Crippen LogP contribution >= 0.6 is 15.9 Å². The summed E-state index contributed by atoms with van der Waals surface area (Å²) in [5.41, 5.74) is 7.03. The van der Waals surface area contributed by atoms with Crippen molar-refractivity contribution < 1.29 is 4.79 Å². The van der Waals surface area contributed by atoms with E-state index in [1.807, 2.05) is 12.1 Å². The van der Waals surface area contributed by atoms with Gasteiger partial charge in [0, 0.05) is 29.3 Å². The van der Waals surface area contributed by atoms with E-state index in [2.05, 4.69) is 33.1 Å². The molecule has 5 heteroatoms. The summed E-state index contributed by atoms with van der Waals surface area (Å²) in [6.07, 6.45) is 4.92. The molecule has 0 aromatic heterocycles. The SMILES string of the molecule is CCCN(CC1CCCCN1)c1ccc(C(N)=O)c(Br)c1. The molecule has 0 radical (unpaired) electrons. The van der Waals surface area contributed by atoms with Crippen LogP contribution in [0.4, 0.5) is 5.69 Å². The first-order valence-corrected chi connectivity index (χ1v) is 8.48. The molecule has 116 valence electrons. The van der Waals surface area contributed by atoms with Gasteiger partial charge in [-0.25, -0.2) is 0 Å². The van der Waals surface area contributed by atoms with Crippen LogP contribution in [0.25, 0.3) is 0 Å². The van der Waals surface area contributed by atoms with E-state index in [-0.39, 0.29) is 0 Å². The van der Waals surface area contributed by atoms with E-state index in [0.29, 0.717) is 11.6 Å². The zero-order chi connectivity index (χ0) is 15.2. The second-order valence-corrected chi connectivity index (χ2v) is 6.48. The number of carbonyl (C=O) groups is 1. The standard InChI is InChI=1S/C16H24BrN3O/c1-2-9-20(11-12-5-3-4-8-19-12)13-6-7-14(16(18)21)15(17)10-13/h6-7,10,12,19H,2-5,8-9,11H2,1H3,(H2,18,21). The van der Waals surface area contributed by atoms with Crippen LogP contribution in [0.5, 0.6) is 0 Å². The molecule has 0 aliphatic carbocycles. The highest BCUT2D eigenvalue weighted by Gasteiger charge is 2.17. The molecule has 1 aliphatic rings. The van der Waals surface area contributed by atoms with E-state index < -0.39 is 5.91 Å². The van der Waals surface area contributed by atoms with E-state index in [1.165, 1.54) is 19.3 Å². The topological polar surface area (TPSA) is 58.4 Å². The van der Waals surface area contributed by atoms with E-state index >= 15 is 0 Å². The van der Waals surface area contributed by atoms with Gasteiger partial charge in [-0.15, -0.1) is 0 Å². The normalized spacial score (nSPS) is 18.5. The molecular formula is C16H24BrN3O. The lowest BCUT2D eigenvalue weighted by Gasteiger charge is -2.32. The predicted octanol–water partition coefficient (Wildman–Crippen LogP) is 2.91. The van der Waals surface area contributed by atoms with Crippen molar-refractivity contribution in [3.8, 4) is 0 Å². The Kier molecular flexibility index (Phi) is 6.06. The number of rotatable bonds is 6. The largest absolute Gasteiger partial charge is 0.370 e. The highest BCUT2D eigenvalue weighted by atomic mass is 79.9. The molecule has 1 heterocycles. The fourth-order valence-corrected chi connectivity index (χ4v) is 3.40. The average Bonchev–Trinajstić information content (AvgIpc) is 2.47. The van der Waals surface area contributed by atoms with Gasteiger partial charge in [0.2, 0.25) is 5.91 Å². The molecule has 1 aromatic rings.